The second-order valence-electron chi connectivity index (χ2n) is 6.18. The number of ether oxygens (including phenoxy) is 1. The minimum Gasteiger partial charge on any atom is -0.375 e. The molecule has 1 fully saturated rings. The third kappa shape index (κ3) is 3.34. The molecule has 1 amide bonds. The van der Waals surface area contributed by atoms with Gasteiger partial charge in [-0.25, -0.2) is 4.98 Å². The van der Waals surface area contributed by atoms with Gasteiger partial charge in [0.1, 0.15) is 11.9 Å². The van der Waals surface area contributed by atoms with Gasteiger partial charge in [-0.1, -0.05) is 0 Å². The highest BCUT2D eigenvalue weighted by Crippen LogP contribution is 2.31. The summed E-state index contributed by atoms with van der Waals surface area (Å²) in [4.78, 5) is 17.9. The number of carbonyl (C=O) groups excluding carboxylic acids is 1. The van der Waals surface area contributed by atoms with Gasteiger partial charge in [0.15, 0.2) is 0 Å². The Morgan fingerprint density at radius 1 is 1.44 bits per heavy atom. The minimum absolute atomic E-state index is 0.268. The van der Waals surface area contributed by atoms with Gasteiger partial charge < -0.3 is 15.0 Å². The van der Waals surface area contributed by atoms with Gasteiger partial charge in [0.2, 0.25) is 5.91 Å². The highest BCUT2D eigenvalue weighted by Gasteiger charge is 2.35. The first-order valence-corrected chi connectivity index (χ1v) is 7.86. The van der Waals surface area contributed by atoms with Crippen molar-refractivity contribution in [3.05, 3.63) is 29.6 Å². The number of amides is 1. The molecule has 0 unspecified atom stereocenters. The molecule has 25 heavy (non-hydrogen) atoms. The number of benzene rings is 1. The maximum atomic E-state index is 12.9. The average molecular weight is 356 g/mol. The Hall–Kier alpha value is -2.13. The smallest absolute Gasteiger partial charge is 0.375 e. The van der Waals surface area contributed by atoms with Crippen LogP contribution in [-0.2, 0) is 29.3 Å². The van der Waals surface area contributed by atoms with Crippen molar-refractivity contribution >= 4 is 16.9 Å². The quantitative estimate of drug-likeness (QED) is 0.908. The molecular formula is C16H19F3N4O2. The Labute approximate surface area is 142 Å². The Bertz CT molecular complexity index is 803. The van der Waals surface area contributed by atoms with Crippen molar-refractivity contribution in [2.45, 2.75) is 31.8 Å². The lowest BCUT2D eigenvalue weighted by molar-refractivity contribution is -0.138. The lowest BCUT2D eigenvalue weighted by atomic mass is 10.1. The fourth-order valence-corrected chi connectivity index (χ4v) is 3.22. The van der Waals surface area contributed by atoms with E-state index in [1.54, 1.807) is 18.5 Å². The molecule has 1 aliphatic rings. The van der Waals surface area contributed by atoms with Crippen LogP contribution >= 0.6 is 0 Å². The average Bonchev–Trinajstić information content (AvgIpc) is 2.82. The van der Waals surface area contributed by atoms with E-state index in [4.69, 9.17) is 10.5 Å². The molecule has 1 saturated heterocycles. The van der Waals surface area contributed by atoms with Crippen LogP contribution in [-0.4, -0.2) is 45.7 Å². The van der Waals surface area contributed by atoms with Gasteiger partial charge in [-0.3, -0.25) is 9.69 Å². The molecule has 6 nitrogen and oxygen atoms in total. The summed E-state index contributed by atoms with van der Waals surface area (Å²) in [5, 5.41) is 0. The topological polar surface area (TPSA) is 73.4 Å². The number of fused-ring (bicyclic) bond motifs is 1. The number of rotatable bonds is 3. The monoisotopic (exact) mass is 356 g/mol. The van der Waals surface area contributed by atoms with Gasteiger partial charge in [0.05, 0.1) is 35.9 Å². The van der Waals surface area contributed by atoms with Crippen molar-refractivity contribution in [2.24, 2.45) is 12.8 Å². The molecule has 136 valence electrons. The summed E-state index contributed by atoms with van der Waals surface area (Å²) in [5.74, 6) is 0.0694. The zero-order valence-corrected chi connectivity index (χ0v) is 13.9. The Morgan fingerprint density at radius 2 is 2.16 bits per heavy atom. The standard InChI is InChI=1S/C16H19F3N4O2/c1-9-14(15(20)24)23(5-6-25-9)8-13-21-11-7-10(16(17,18)19)3-4-12(11)22(13)2/h3-4,7,9,14H,5-6,8H2,1-2H3,(H2,20,24)/t9-,14+/m1/s1. The number of nitrogens with two attached hydrogens (primary N) is 1. The van der Waals surface area contributed by atoms with Crippen LogP contribution in [0, 0.1) is 0 Å². The van der Waals surface area contributed by atoms with Gasteiger partial charge in [-0.15, -0.1) is 0 Å². The van der Waals surface area contributed by atoms with Crippen LogP contribution in [0.4, 0.5) is 13.2 Å². The third-order valence-electron chi connectivity index (χ3n) is 4.53. The van der Waals surface area contributed by atoms with Crippen LogP contribution in [0.1, 0.15) is 18.3 Å². The van der Waals surface area contributed by atoms with Crippen molar-refractivity contribution < 1.29 is 22.7 Å². The van der Waals surface area contributed by atoms with E-state index in [9.17, 15) is 18.0 Å². The molecule has 1 aliphatic heterocycles. The van der Waals surface area contributed by atoms with E-state index in [1.165, 1.54) is 6.07 Å². The van der Waals surface area contributed by atoms with E-state index in [1.807, 2.05) is 4.90 Å². The summed E-state index contributed by atoms with van der Waals surface area (Å²) in [7, 11) is 1.74. The SMILES string of the molecule is C[C@H]1OCCN(Cc2nc3cc(C(F)(F)F)ccc3n2C)[C@@H]1C(N)=O. The molecule has 3 rings (SSSR count). The second-order valence-corrected chi connectivity index (χ2v) is 6.18. The van der Waals surface area contributed by atoms with E-state index in [0.29, 0.717) is 31.0 Å². The number of imidazole rings is 1. The summed E-state index contributed by atoms with van der Waals surface area (Å²) in [6, 6.07) is 2.88. The highest BCUT2D eigenvalue weighted by atomic mass is 19.4. The first kappa shape index (κ1) is 17.7. The molecule has 1 aromatic heterocycles. The predicted molar refractivity (Wildman–Crippen MR) is 84.5 cm³/mol. The fraction of sp³-hybridized carbons (Fsp3) is 0.500. The summed E-state index contributed by atoms with van der Waals surface area (Å²) in [6.07, 6.45) is -4.76. The van der Waals surface area contributed by atoms with Crippen LogP contribution in [0.5, 0.6) is 0 Å². The molecule has 0 radical (unpaired) electrons. The fourth-order valence-electron chi connectivity index (χ4n) is 3.22. The number of aryl methyl sites for hydroxylation is 1. The van der Waals surface area contributed by atoms with Gasteiger partial charge in [0, 0.05) is 13.6 Å². The number of halogens is 3. The van der Waals surface area contributed by atoms with Crippen LogP contribution in [0.15, 0.2) is 18.2 Å². The lowest BCUT2D eigenvalue weighted by Crippen LogP contribution is -2.56. The first-order valence-electron chi connectivity index (χ1n) is 7.86. The Balaban J connectivity index is 1.93. The molecule has 1 aromatic carbocycles. The van der Waals surface area contributed by atoms with Crippen LogP contribution in [0.2, 0.25) is 0 Å². The number of aromatic nitrogens is 2. The van der Waals surface area contributed by atoms with E-state index < -0.39 is 23.7 Å². The van der Waals surface area contributed by atoms with Crippen LogP contribution in [0.25, 0.3) is 11.0 Å². The van der Waals surface area contributed by atoms with Gasteiger partial charge >= 0.3 is 6.18 Å². The summed E-state index contributed by atoms with van der Waals surface area (Å²) >= 11 is 0. The molecule has 2 N–H and O–H groups in total. The first-order chi connectivity index (χ1) is 11.7. The van der Waals surface area contributed by atoms with Crippen molar-refractivity contribution in [3.8, 4) is 0 Å². The maximum absolute atomic E-state index is 12.9. The van der Waals surface area contributed by atoms with Gasteiger partial charge in [-0.2, -0.15) is 13.2 Å². The van der Waals surface area contributed by atoms with Crippen molar-refractivity contribution in [1.29, 1.82) is 0 Å². The highest BCUT2D eigenvalue weighted by molar-refractivity contribution is 5.80. The van der Waals surface area contributed by atoms with E-state index in [0.717, 1.165) is 12.1 Å². The zero-order valence-electron chi connectivity index (χ0n) is 13.9. The van der Waals surface area contributed by atoms with E-state index in [-0.39, 0.29) is 11.6 Å². The molecular weight excluding hydrogens is 337 g/mol. The van der Waals surface area contributed by atoms with Crippen molar-refractivity contribution in [2.75, 3.05) is 13.2 Å². The summed E-state index contributed by atoms with van der Waals surface area (Å²) in [5.41, 5.74) is 5.60. The molecule has 0 bridgehead atoms. The Morgan fingerprint density at radius 3 is 2.80 bits per heavy atom. The molecule has 2 aromatic rings. The van der Waals surface area contributed by atoms with Crippen LogP contribution < -0.4 is 5.73 Å². The Kier molecular flexibility index (Phi) is 4.46. The largest absolute Gasteiger partial charge is 0.416 e. The van der Waals surface area contributed by atoms with Crippen LogP contribution in [0.3, 0.4) is 0 Å². The molecule has 2 atom stereocenters. The summed E-state index contributed by atoms with van der Waals surface area (Å²) in [6.45, 7) is 3.02. The number of primary amides is 1. The van der Waals surface area contributed by atoms with E-state index in [2.05, 4.69) is 4.98 Å². The van der Waals surface area contributed by atoms with Crippen molar-refractivity contribution in [1.82, 2.24) is 14.5 Å². The number of hydrogen-bond acceptors (Lipinski definition) is 4. The van der Waals surface area contributed by atoms with Crippen molar-refractivity contribution in [3.63, 3.8) is 0 Å². The third-order valence-corrected chi connectivity index (χ3v) is 4.53. The number of hydrogen-bond donors (Lipinski definition) is 1. The molecule has 9 heteroatoms. The zero-order chi connectivity index (χ0) is 18.4. The molecule has 0 spiro atoms. The number of alkyl halides is 3. The maximum Gasteiger partial charge on any atom is 0.416 e. The second kappa shape index (κ2) is 6.30. The number of morpholine rings is 1. The lowest BCUT2D eigenvalue weighted by Gasteiger charge is -2.37. The number of carbonyl (C=O) groups is 1. The van der Waals surface area contributed by atoms with Gasteiger partial charge in [-0.05, 0) is 25.1 Å². The summed E-state index contributed by atoms with van der Waals surface area (Å²) < 4.78 is 45.8. The number of nitrogens with zero attached hydrogens (tertiary/aromatic N) is 3. The minimum atomic E-state index is -4.41. The van der Waals surface area contributed by atoms with Gasteiger partial charge in [0.25, 0.3) is 0 Å². The predicted octanol–water partition coefficient (Wildman–Crippen LogP) is 1.67. The molecule has 0 aliphatic carbocycles. The normalized spacial score (nSPS) is 22.4. The molecule has 2 heterocycles. The van der Waals surface area contributed by atoms with E-state index >= 15 is 0 Å². The molecule has 0 saturated carbocycles.